The fourth-order valence-corrected chi connectivity index (χ4v) is 4.64. The molecule has 0 aliphatic rings. The summed E-state index contributed by atoms with van der Waals surface area (Å²) in [5.74, 6) is -3.31. The van der Waals surface area contributed by atoms with Crippen molar-refractivity contribution in [3.63, 3.8) is 0 Å². The summed E-state index contributed by atoms with van der Waals surface area (Å²) in [6.07, 6.45) is -3.88. The average Bonchev–Trinajstić information content (AvgIpc) is 2.94. The predicted octanol–water partition coefficient (Wildman–Crippen LogP) is 7.92. The van der Waals surface area contributed by atoms with E-state index in [2.05, 4.69) is 15.6 Å². The maximum absolute atomic E-state index is 14.8. The molecule has 4 rings (SSSR count). The van der Waals surface area contributed by atoms with Crippen LogP contribution in [0.5, 0.6) is 5.75 Å². The van der Waals surface area contributed by atoms with Gasteiger partial charge in [-0.1, -0.05) is 61.5 Å². The van der Waals surface area contributed by atoms with Gasteiger partial charge in [-0.25, -0.2) is 13.6 Å². The van der Waals surface area contributed by atoms with Crippen molar-refractivity contribution in [1.82, 2.24) is 10.3 Å². The van der Waals surface area contributed by atoms with Crippen LogP contribution < -0.4 is 10.6 Å². The minimum Gasteiger partial charge on any atom is -0.506 e. The highest BCUT2D eigenvalue weighted by atomic mass is 19.4. The lowest BCUT2D eigenvalue weighted by molar-refractivity contribution is -0.138. The number of nitrogens with one attached hydrogen (secondary N) is 2. The van der Waals surface area contributed by atoms with Gasteiger partial charge in [0, 0.05) is 24.1 Å². The number of aryl methyl sites for hydroxylation is 1. The van der Waals surface area contributed by atoms with E-state index >= 15 is 0 Å². The summed E-state index contributed by atoms with van der Waals surface area (Å²) >= 11 is 0. The fraction of sp³-hybridized carbons (Fsp3) is 0.226. The van der Waals surface area contributed by atoms with Gasteiger partial charge in [0.1, 0.15) is 11.3 Å². The van der Waals surface area contributed by atoms with Crippen molar-refractivity contribution in [2.24, 2.45) is 0 Å². The molecule has 5 nitrogen and oxygen atoms in total. The Labute approximate surface area is 234 Å². The van der Waals surface area contributed by atoms with Gasteiger partial charge in [-0.05, 0) is 53.9 Å². The lowest BCUT2D eigenvalue weighted by Crippen LogP contribution is -2.50. The third-order valence-corrected chi connectivity index (χ3v) is 6.85. The van der Waals surface area contributed by atoms with Gasteiger partial charge in [0.05, 0.1) is 17.5 Å². The van der Waals surface area contributed by atoms with Crippen molar-refractivity contribution >= 4 is 11.7 Å². The summed E-state index contributed by atoms with van der Waals surface area (Å²) in [6, 6.07) is 19.8. The third kappa shape index (κ3) is 6.65. The number of benzene rings is 3. The van der Waals surface area contributed by atoms with Crippen molar-refractivity contribution in [1.29, 1.82) is 0 Å². The zero-order valence-corrected chi connectivity index (χ0v) is 22.3. The zero-order chi connectivity index (χ0) is 29.8. The van der Waals surface area contributed by atoms with Crippen LogP contribution in [-0.4, -0.2) is 16.1 Å². The number of aromatic nitrogens is 1. The van der Waals surface area contributed by atoms with E-state index in [1.165, 1.54) is 56.3 Å². The minimum atomic E-state index is -4.63. The van der Waals surface area contributed by atoms with Crippen LogP contribution in [0.25, 0.3) is 0 Å². The molecule has 1 aromatic heterocycles. The predicted molar refractivity (Wildman–Crippen MR) is 146 cm³/mol. The molecule has 0 bridgehead atoms. The Kier molecular flexibility index (Phi) is 8.32. The first-order valence-corrected chi connectivity index (χ1v) is 12.8. The Balaban J connectivity index is 1.86. The summed E-state index contributed by atoms with van der Waals surface area (Å²) in [7, 11) is 0. The van der Waals surface area contributed by atoms with Gasteiger partial charge in [0.15, 0.2) is 0 Å². The molecule has 3 N–H and O–H groups in total. The van der Waals surface area contributed by atoms with E-state index in [-0.39, 0.29) is 40.2 Å². The van der Waals surface area contributed by atoms with Gasteiger partial charge in [-0.3, -0.25) is 4.98 Å². The zero-order valence-electron chi connectivity index (χ0n) is 22.3. The molecule has 0 saturated heterocycles. The SMILES string of the molecule is CCC(F)(F)c1cccc(C(Cc2ccccc2)(NC(=O)Nc2ccc(C)c(C(F)(F)F)c2)c2ccc(O)cn2)c1. The van der Waals surface area contributed by atoms with Crippen LogP contribution in [0.3, 0.4) is 0 Å². The molecule has 2 amide bonds. The van der Waals surface area contributed by atoms with E-state index < -0.39 is 35.7 Å². The normalized spacial score (nSPS) is 13.3. The second kappa shape index (κ2) is 11.6. The molecule has 41 heavy (non-hydrogen) atoms. The molecule has 0 aliphatic carbocycles. The maximum atomic E-state index is 14.8. The topological polar surface area (TPSA) is 74.2 Å². The number of rotatable bonds is 8. The number of anilines is 1. The number of pyridine rings is 1. The molecule has 3 aromatic carbocycles. The van der Waals surface area contributed by atoms with Crippen molar-refractivity contribution in [2.75, 3.05) is 5.32 Å². The van der Waals surface area contributed by atoms with E-state index in [1.807, 2.05) is 0 Å². The quantitative estimate of drug-likeness (QED) is 0.189. The highest BCUT2D eigenvalue weighted by molar-refractivity contribution is 5.90. The molecule has 0 radical (unpaired) electrons. The number of aromatic hydroxyl groups is 1. The van der Waals surface area contributed by atoms with E-state index in [9.17, 15) is 31.9 Å². The molecule has 0 saturated carbocycles. The van der Waals surface area contributed by atoms with Gasteiger partial charge >= 0.3 is 12.2 Å². The van der Waals surface area contributed by atoms with Gasteiger partial charge in [0.2, 0.25) is 0 Å². The summed E-state index contributed by atoms with van der Waals surface area (Å²) in [4.78, 5) is 17.8. The second-order valence-electron chi connectivity index (χ2n) is 9.71. The number of urea groups is 1. The average molecular weight is 570 g/mol. The van der Waals surface area contributed by atoms with E-state index in [4.69, 9.17) is 0 Å². The molecule has 0 spiro atoms. The molecule has 0 aliphatic heterocycles. The van der Waals surface area contributed by atoms with E-state index in [0.717, 1.165) is 12.3 Å². The second-order valence-corrected chi connectivity index (χ2v) is 9.71. The van der Waals surface area contributed by atoms with Crippen molar-refractivity contribution in [3.8, 4) is 5.75 Å². The molecule has 1 unspecified atom stereocenters. The summed E-state index contributed by atoms with van der Waals surface area (Å²) < 4.78 is 70.1. The molecule has 214 valence electrons. The summed E-state index contributed by atoms with van der Waals surface area (Å²) in [5.41, 5.74) is -1.68. The largest absolute Gasteiger partial charge is 0.506 e. The molecule has 10 heteroatoms. The van der Waals surface area contributed by atoms with Gasteiger partial charge in [0.25, 0.3) is 5.92 Å². The van der Waals surface area contributed by atoms with Crippen LogP contribution in [0.4, 0.5) is 32.4 Å². The first-order valence-electron chi connectivity index (χ1n) is 12.8. The summed E-state index contributed by atoms with van der Waals surface area (Å²) in [6.45, 7) is 2.67. The monoisotopic (exact) mass is 569 g/mol. The lowest BCUT2D eigenvalue weighted by atomic mass is 9.79. The molecule has 1 heterocycles. The number of halogens is 5. The maximum Gasteiger partial charge on any atom is 0.416 e. The van der Waals surface area contributed by atoms with Crippen molar-refractivity contribution in [3.05, 3.63) is 125 Å². The van der Waals surface area contributed by atoms with Crippen molar-refractivity contribution < 1.29 is 31.9 Å². The van der Waals surface area contributed by atoms with Crippen LogP contribution in [-0.2, 0) is 24.1 Å². The van der Waals surface area contributed by atoms with Gasteiger partial charge < -0.3 is 15.7 Å². The summed E-state index contributed by atoms with van der Waals surface area (Å²) in [5, 5.41) is 15.2. The smallest absolute Gasteiger partial charge is 0.416 e. The molecular formula is C31H28F5N3O2. The Bertz CT molecular complexity index is 1510. The molecular weight excluding hydrogens is 541 g/mol. The Morgan fingerprint density at radius 3 is 2.22 bits per heavy atom. The molecule has 4 aromatic rings. The van der Waals surface area contributed by atoms with Crippen LogP contribution in [0.1, 0.15) is 46.9 Å². The number of nitrogens with zero attached hydrogens (tertiary/aromatic N) is 1. The first kappa shape index (κ1) is 29.5. The number of hydrogen-bond donors (Lipinski definition) is 3. The number of hydrogen-bond acceptors (Lipinski definition) is 3. The number of carbonyl (C=O) groups excluding carboxylic acids is 1. The van der Waals surface area contributed by atoms with Gasteiger partial charge in [-0.2, -0.15) is 13.2 Å². The highest BCUT2D eigenvalue weighted by Crippen LogP contribution is 2.38. The van der Waals surface area contributed by atoms with Crippen LogP contribution in [0, 0.1) is 6.92 Å². The lowest BCUT2D eigenvalue weighted by Gasteiger charge is -2.36. The van der Waals surface area contributed by atoms with E-state index in [1.54, 1.807) is 36.4 Å². The van der Waals surface area contributed by atoms with Crippen LogP contribution in [0.15, 0.2) is 91.1 Å². The highest BCUT2D eigenvalue weighted by Gasteiger charge is 2.40. The minimum absolute atomic E-state index is 0.0103. The Hall–Kier alpha value is -4.47. The first-order chi connectivity index (χ1) is 19.3. The Morgan fingerprint density at radius 1 is 0.878 bits per heavy atom. The Morgan fingerprint density at radius 2 is 1.59 bits per heavy atom. The van der Waals surface area contributed by atoms with Crippen LogP contribution >= 0.6 is 0 Å². The van der Waals surface area contributed by atoms with Gasteiger partial charge in [-0.15, -0.1) is 0 Å². The standard InChI is InChI=1S/C31H28F5N3O2/c1-3-30(32,33)23-11-7-10-22(16-23)29(18-21-8-5-4-6-9-21,27-15-14-25(40)19-37-27)39-28(41)38-24-13-12-20(2)26(17-24)31(34,35)36/h4-17,19,40H,3,18H2,1-2H3,(H2,38,39,41). The number of alkyl halides is 5. The number of carbonyl (C=O) groups is 1. The van der Waals surface area contributed by atoms with Crippen LogP contribution in [0.2, 0.25) is 0 Å². The van der Waals surface area contributed by atoms with E-state index in [0.29, 0.717) is 5.56 Å². The third-order valence-electron chi connectivity index (χ3n) is 6.85. The fourth-order valence-electron chi connectivity index (χ4n) is 4.64. The van der Waals surface area contributed by atoms with Crippen molar-refractivity contribution in [2.45, 2.75) is 44.3 Å². The molecule has 1 atom stereocenters. The molecule has 0 fully saturated rings. The number of amides is 2.